The van der Waals surface area contributed by atoms with Crippen molar-refractivity contribution in [3.8, 4) is 0 Å². The molecule has 0 aliphatic heterocycles. The molecule has 9 heteroatoms. The van der Waals surface area contributed by atoms with Crippen LogP contribution in [-0.2, 0) is 4.74 Å². The molecular formula is C9H12N4O4S. The Bertz CT molecular complexity index is 457. The van der Waals surface area contributed by atoms with Crippen molar-refractivity contribution in [2.45, 2.75) is 19.1 Å². The average molecular weight is 272 g/mol. The molecule has 0 spiro atoms. The first-order valence-corrected chi connectivity index (χ1v) is 5.97. The van der Waals surface area contributed by atoms with Gasteiger partial charge in [-0.1, -0.05) is 5.11 Å². The van der Waals surface area contributed by atoms with Crippen molar-refractivity contribution in [2.24, 2.45) is 5.11 Å². The predicted molar refractivity (Wildman–Crippen MR) is 63.1 cm³/mol. The van der Waals surface area contributed by atoms with Gasteiger partial charge >= 0.3 is 5.97 Å². The van der Waals surface area contributed by atoms with E-state index in [2.05, 4.69) is 15.0 Å². The van der Waals surface area contributed by atoms with Crippen molar-refractivity contribution in [2.75, 3.05) is 13.2 Å². The second-order valence-corrected chi connectivity index (χ2v) is 4.11. The Balaban J connectivity index is 2.72. The Morgan fingerprint density at radius 3 is 3.06 bits per heavy atom. The van der Waals surface area contributed by atoms with Gasteiger partial charge in [0.25, 0.3) is 0 Å². The number of azide groups is 1. The normalized spacial score (nSPS) is 13.5. The third kappa shape index (κ3) is 3.67. The van der Waals surface area contributed by atoms with E-state index < -0.39 is 18.2 Å². The average Bonchev–Trinajstić information content (AvgIpc) is 2.84. The summed E-state index contributed by atoms with van der Waals surface area (Å²) in [7, 11) is 0. The lowest BCUT2D eigenvalue weighted by molar-refractivity contribution is 0.0240. The number of rotatable bonds is 6. The lowest BCUT2D eigenvalue weighted by atomic mass is 10.2. The molecule has 2 unspecified atom stereocenters. The van der Waals surface area contributed by atoms with E-state index in [0.717, 1.165) is 11.3 Å². The molecule has 1 aromatic heterocycles. The summed E-state index contributed by atoms with van der Waals surface area (Å²) in [4.78, 5) is 17.7. The Morgan fingerprint density at radius 2 is 2.44 bits per heavy atom. The zero-order valence-corrected chi connectivity index (χ0v) is 10.4. The summed E-state index contributed by atoms with van der Waals surface area (Å²) in [6, 6.07) is 0. The van der Waals surface area contributed by atoms with Crippen molar-refractivity contribution >= 4 is 17.3 Å². The van der Waals surface area contributed by atoms with Gasteiger partial charge in [0.05, 0.1) is 19.3 Å². The highest BCUT2D eigenvalue weighted by Crippen LogP contribution is 2.22. The van der Waals surface area contributed by atoms with Crippen LogP contribution < -0.4 is 0 Å². The molecule has 0 aliphatic rings. The number of carbonyl (C=O) groups is 1. The lowest BCUT2D eigenvalue weighted by Crippen LogP contribution is -2.21. The second kappa shape index (κ2) is 6.92. The van der Waals surface area contributed by atoms with Crippen LogP contribution in [0.5, 0.6) is 0 Å². The molecule has 2 atom stereocenters. The summed E-state index contributed by atoms with van der Waals surface area (Å²) in [5, 5.41) is 23.9. The number of thiazole rings is 1. The van der Waals surface area contributed by atoms with Crippen LogP contribution in [0.15, 0.2) is 10.5 Å². The van der Waals surface area contributed by atoms with E-state index in [1.165, 1.54) is 5.38 Å². The summed E-state index contributed by atoms with van der Waals surface area (Å²) < 4.78 is 4.74. The van der Waals surface area contributed by atoms with E-state index in [9.17, 15) is 15.0 Å². The first kappa shape index (κ1) is 14.4. The molecule has 1 aromatic rings. The van der Waals surface area contributed by atoms with E-state index in [4.69, 9.17) is 10.3 Å². The molecule has 0 saturated heterocycles. The molecule has 8 nitrogen and oxygen atoms in total. The van der Waals surface area contributed by atoms with Crippen molar-refractivity contribution in [1.82, 2.24) is 4.98 Å². The molecule has 0 bridgehead atoms. The zero-order chi connectivity index (χ0) is 13.5. The quantitative estimate of drug-likeness (QED) is 0.346. The monoisotopic (exact) mass is 272 g/mol. The molecule has 0 radical (unpaired) electrons. The first-order chi connectivity index (χ1) is 8.60. The molecule has 0 saturated carbocycles. The Labute approximate surface area is 106 Å². The fraction of sp³-hybridized carbons (Fsp3) is 0.556. The van der Waals surface area contributed by atoms with Gasteiger partial charge < -0.3 is 14.9 Å². The largest absolute Gasteiger partial charge is 0.461 e. The standard InChI is InChI=1S/C9H12N4O4S/c1-2-17-9(16)5-4-18-8(12-5)7(15)6(14)3-11-13-10/h4,6-7,14-15H,2-3H2,1H3. The maximum atomic E-state index is 11.3. The number of hydrogen-bond acceptors (Lipinski definition) is 7. The van der Waals surface area contributed by atoms with Gasteiger partial charge in [0.2, 0.25) is 0 Å². The topological polar surface area (TPSA) is 128 Å². The summed E-state index contributed by atoms with van der Waals surface area (Å²) in [5.41, 5.74) is 8.17. The summed E-state index contributed by atoms with van der Waals surface area (Å²) >= 11 is 1.02. The third-order valence-corrected chi connectivity index (χ3v) is 2.87. The van der Waals surface area contributed by atoms with E-state index in [-0.39, 0.29) is 23.9 Å². The zero-order valence-electron chi connectivity index (χ0n) is 9.55. The van der Waals surface area contributed by atoms with Crippen LogP contribution >= 0.6 is 11.3 Å². The van der Waals surface area contributed by atoms with Crippen molar-refractivity contribution in [3.63, 3.8) is 0 Å². The van der Waals surface area contributed by atoms with Crippen LogP contribution in [0.3, 0.4) is 0 Å². The number of esters is 1. The highest BCUT2D eigenvalue weighted by Gasteiger charge is 2.22. The lowest BCUT2D eigenvalue weighted by Gasteiger charge is -2.12. The number of nitrogens with zero attached hydrogens (tertiary/aromatic N) is 4. The molecule has 98 valence electrons. The molecule has 2 N–H and O–H groups in total. The maximum Gasteiger partial charge on any atom is 0.357 e. The third-order valence-electron chi connectivity index (χ3n) is 1.96. The van der Waals surface area contributed by atoms with Gasteiger partial charge in [0, 0.05) is 10.3 Å². The van der Waals surface area contributed by atoms with E-state index in [0.29, 0.717) is 0 Å². The second-order valence-electron chi connectivity index (χ2n) is 3.22. The van der Waals surface area contributed by atoms with Crippen LogP contribution in [0.1, 0.15) is 28.5 Å². The Hall–Kier alpha value is -1.67. The van der Waals surface area contributed by atoms with E-state index in [1.807, 2.05) is 0 Å². The van der Waals surface area contributed by atoms with E-state index >= 15 is 0 Å². The minimum Gasteiger partial charge on any atom is -0.461 e. The van der Waals surface area contributed by atoms with Crippen LogP contribution in [0.4, 0.5) is 0 Å². The van der Waals surface area contributed by atoms with Gasteiger partial charge in [-0.15, -0.1) is 11.3 Å². The summed E-state index contributed by atoms with van der Waals surface area (Å²) in [6.45, 7) is 1.63. The van der Waals surface area contributed by atoms with Gasteiger partial charge in [-0.3, -0.25) is 0 Å². The molecule has 1 rings (SSSR count). The molecule has 0 fully saturated rings. The van der Waals surface area contributed by atoms with Crippen LogP contribution in [0.2, 0.25) is 0 Å². The minimum atomic E-state index is -1.30. The molecule has 0 aliphatic carbocycles. The van der Waals surface area contributed by atoms with Crippen molar-refractivity contribution in [1.29, 1.82) is 0 Å². The molecule has 1 heterocycles. The van der Waals surface area contributed by atoms with Gasteiger partial charge in [-0.05, 0) is 12.5 Å². The fourth-order valence-corrected chi connectivity index (χ4v) is 1.94. The number of ether oxygens (including phenoxy) is 1. The van der Waals surface area contributed by atoms with Gasteiger partial charge in [-0.25, -0.2) is 9.78 Å². The molecular weight excluding hydrogens is 260 g/mol. The Morgan fingerprint density at radius 1 is 1.72 bits per heavy atom. The predicted octanol–water partition coefficient (Wildman–Crippen LogP) is 1.02. The maximum absolute atomic E-state index is 11.3. The minimum absolute atomic E-state index is 0.0758. The molecule has 0 amide bonds. The van der Waals surface area contributed by atoms with Crippen molar-refractivity contribution in [3.05, 3.63) is 26.5 Å². The number of hydrogen-bond donors (Lipinski definition) is 2. The Kier molecular flexibility index (Phi) is 5.53. The number of aliphatic hydroxyl groups is 2. The van der Waals surface area contributed by atoms with E-state index in [1.54, 1.807) is 6.92 Å². The molecule has 18 heavy (non-hydrogen) atoms. The summed E-state index contributed by atoms with van der Waals surface area (Å²) in [6.07, 6.45) is -2.56. The van der Waals surface area contributed by atoms with Gasteiger partial charge in [0.15, 0.2) is 5.69 Å². The number of aromatic nitrogens is 1. The number of carbonyl (C=O) groups excluding carboxylic acids is 1. The molecule has 0 aromatic carbocycles. The summed E-state index contributed by atoms with van der Waals surface area (Å²) in [5.74, 6) is -0.586. The van der Waals surface area contributed by atoms with Gasteiger partial charge in [-0.2, -0.15) is 0 Å². The van der Waals surface area contributed by atoms with Gasteiger partial charge in [0.1, 0.15) is 11.1 Å². The van der Waals surface area contributed by atoms with Crippen LogP contribution in [0.25, 0.3) is 10.4 Å². The smallest absolute Gasteiger partial charge is 0.357 e. The van der Waals surface area contributed by atoms with Crippen LogP contribution in [-0.4, -0.2) is 40.4 Å². The SMILES string of the molecule is CCOC(=O)c1csc(C(O)C(O)CN=[N+]=[N-])n1. The number of aliphatic hydroxyl groups excluding tert-OH is 2. The fourth-order valence-electron chi connectivity index (χ4n) is 1.11. The highest BCUT2D eigenvalue weighted by atomic mass is 32.1. The highest BCUT2D eigenvalue weighted by molar-refractivity contribution is 7.09. The van der Waals surface area contributed by atoms with Crippen molar-refractivity contribution < 1.29 is 19.7 Å². The first-order valence-electron chi connectivity index (χ1n) is 5.09. The van der Waals surface area contributed by atoms with Crippen LogP contribution in [0, 0.1) is 0 Å².